The number of hydrogen-bond acceptors (Lipinski definition) is 6. The van der Waals surface area contributed by atoms with Crippen molar-refractivity contribution < 1.29 is 19.4 Å². The monoisotopic (exact) mass is 266 g/mol. The SMILES string of the molecule is C=CC(=O)OC(C)c1c([N+](=O)[O-])cccc1[N+](=O)[O-]. The Bertz CT molecular complexity index is 522. The van der Waals surface area contributed by atoms with E-state index in [1.807, 2.05) is 0 Å². The first kappa shape index (κ1) is 14.3. The van der Waals surface area contributed by atoms with Crippen LogP contribution in [-0.2, 0) is 9.53 Å². The maximum atomic E-state index is 11.1. The third-order valence-electron chi connectivity index (χ3n) is 2.32. The van der Waals surface area contributed by atoms with E-state index in [0.717, 1.165) is 18.2 Å². The second kappa shape index (κ2) is 5.71. The molecule has 0 radical (unpaired) electrons. The summed E-state index contributed by atoms with van der Waals surface area (Å²) in [5.41, 5.74) is -1.20. The Morgan fingerprint density at radius 2 is 1.79 bits per heavy atom. The molecule has 0 aliphatic carbocycles. The molecule has 0 amide bonds. The van der Waals surface area contributed by atoms with Gasteiger partial charge in [0.15, 0.2) is 0 Å². The molecule has 0 saturated heterocycles. The Morgan fingerprint density at radius 1 is 1.32 bits per heavy atom. The fraction of sp³-hybridized carbons (Fsp3) is 0.182. The lowest BCUT2D eigenvalue weighted by atomic mass is 10.1. The van der Waals surface area contributed by atoms with Gasteiger partial charge in [0.1, 0.15) is 11.7 Å². The van der Waals surface area contributed by atoms with E-state index < -0.39 is 33.3 Å². The zero-order valence-corrected chi connectivity index (χ0v) is 9.94. The zero-order valence-electron chi connectivity index (χ0n) is 9.94. The predicted octanol–water partition coefficient (Wildman–Crippen LogP) is 2.29. The molecule has 8 nitrogen and oxygen atoms in total. The lowest BCUT2D eigenvalue weighted by molar-refractivity contribution is -0.396. The largest absolute Gasteiger partial charge is 0.454 e. The Morgan fingerprint density at radius 3 is 2.16 bits per heavy atom. The molecule has 1 unspecified atom stereocenters. The fourth-order valence-electron chi connectivity index (χ4n) is 1.56. The van der Waals surface area contributed by atoms with Gasteiger partial charge in [-0.15, -0.1) is 0 Å². The van der Waals surface area contributed by atoms with Crippen LogP contribution < -0.4 is 0 Å². The van der Waals surface area contributed by atoms with E-state index in [0.29, 0.717) is 0 Å². The maximum absolute atomic E-state index is 11.1. The van der Waals surface area contributed by atoms with Crippen LogP contribution in [0.1, 0.15) is 18.6 Å². The summed E-state index contributed by atoms with van der Waals surface area (Å²) in [4.78, 5) is 31.3. The highest BCUT2D eigenvalue weighted by atomic mass is 16.6. The van der Waals surface area contributed by atoms with Gasteiger partial charge in [-0.2, -0.15) is 0 Å². The third-order valence-corrected chi connectivity index (χ3v) is 2.32. The van der Waals surface area contributed by atoms with Crippen molar-refractivity contribution in [2.75, 3.05) is 0 Å². The van der Waals surface area contributed by atoms with Gasteiger partial charge in [0.05, 0.1) is 9.85 Å². The van der Waals surface area contributed by atoms with Crippen molar-refractivity contribution in [3.05, 3.63) is 56.6 Å². The minimum atomic E-state index is -1.13. The molecule has 1 atom stereocenters. The van der Waals surface area contributed by atoms with Gasteiger partial charge in [0.2, 0.25) is 0 Å². The van der Waals surface area contributed by atoms with Gasteiger partial charge < -0.3 is 4.74 Å². The number of nitro groups is 2. The smallest absolute Gasteiger partial charge is 0.330 e. The second-order valence-electron chi connectivity index (χ2n) is 3.51. The average Bonchev–Trinajstić information content (AvgIpc) is 2.37. The highest BCUT2D eigenvalue weighted by Crippen LogP contribution is 2.35. The standard InChI is InChI=1S/C11H10N2O6/c1-3-10(14)19-7(2)11-8(12(15)16)5-4-6-9(11)13(17)18/h3-7H,1H2,2H3. The first-order chi connectivity index (χ1) is 8.88. The van der Waals surface area contributed by atoms with Crippen LogP contribution >= 0.6 is 0 Å². The van der Waals surface area contributed by atoms with E-state index in [2.05, 4.69) is 6.58 Å². The molecule has 1 aromatic rings. The molecular formula is C11H10N2O6. The molecule has 8 heteroatoms. The molecule has 0 aromatic heterocycles. The third kappa shape index (κ3) is 3.12. The number of nitrogens with zero attached hydrogens (tertiary/aromatic N) is 2. The minimum absolute atomic E-state index is 0.257. The van der Waals surface area contributed by atoms with Crippen molar-refractivity contribution in [3.8, 4) is 0 Å². The summed E-state index contributed by atoms with van der Waals surface area (Å²) in [7, 11) is 0. The Hall–Kier alpha value is -2.77. The molecule has 0 N–H and O–H groups in total. The first-order valence-electron chi connectivity index (χ1n) is 5.13. The Kier molecular flexibility index (Phi) is 4.30. The van der Waals surface area contributed by atoms with Crippen molar-refractivity contribution in [2.24, 2.45) is 0 Å². The molecule has 100 valence electrons. The zero-order chi connectivity index (χ0) is 14.6. The van der Waals surface area contributed by atoms with Crippen LogP contribution in [0.2, 0.25) is 0 Å². The highest BCUT2D eigenvalue weighted by molar-refractivity contribution is 5.81. The fourth-order valence-corrected chi connectivity index (χ4v) is 1.56. The highest BCUT2D eigenvalue weighted by Gasteiger charge is 2.30. The number of ether oxygens (including phenoxy) is 1. The van der Waals surface area contributed by atoms with Crippen molar-refractivity contribution in [1.29, 1.82) is 0 Å². The van der Waals surface area contributed by atoms with Crippen LogP contribution in [0.3, 0.4) is 0 Å². The van der Waals surface area contributed by atoms with Crippen LogP contribution in [0.5, 0.6) is 0 Å². The summed E-state index contributed by atoms with van der Waals surface area (Å²) in [6.45, 7) is 4.50. The summed E-state index contributed by atoms with van der Waals surface area (Å²) in [6.07, 6.45) is -0.260. The van der Waals surface area contributed by atoms with E-state index in [1.165, 1.54) is 13.0 Å². The summed E-state index contributed by atoms with van der Waals surface area (Å²) in [5, 5.41) is 21.8. The van der Waals surface area contributed by atoms with Crippen LogP contribution in [0.15, 0.2) is 30.9 Å². The summed E-state index contributed by atoms with van der Waals surface area (Å²) in [6, 6.07) is 3.42. The number of nitro benzene ring substituents is 2. The van der Waals surface area contributed by atoms with Crippen LogP contribution in [0.4, 0.5) is 11.4 Å². The summed E-state index contributed by atoms with van der Waals surface area (Å²) in [5.74, 6) is -0.819. The van der Waals surface area contributed by atoms with E-state index in [9.17, 15) is 25.0 Å². The van der Waals surface area contributed by atoms with Gasteiger partial charge in [-0.25, -0.2) is 4.79 Å². The molecule has 0 heterocycles. The molecule has 19 heavy (non-hydrogen) atoms. The Balaban J connectivity index is 3.35. The molecule has 1 aromatic carbocycles. The van der Waals surface area contributed by atoms with Gasteiger partial charge in [0, 0.05) is 18.2 Å². The first-order valence-corrected chi connectivity index (χ1v) is 5.13. The number of carbonyl (C=O) groups excluding carboxylic acids is 1. The summed E-state index contributed by atoms with van der Waals surface area (Å²) >= 11 is 0. The molecule has 0 saturated carbocycles. The van der Waals surface area contributed by atoms with Crippen molar-refractivity contribution in [1.82, 2.24) is 0 Å². The second-order valence-corrected chi connectivity index (χ2v) is 3.51. The van der Waals surface area contributed by atoms with Gasteiger partial charge >= 0.3 is 5.97 Å². The van der Waals surface area contributed by atoms with E-state index in [1.54, 1.807) is 0 Å². The van der Waals surface area contributed by atoms with Crippen LogP contribution in [0, 0.1) is 20.2 Å². The molecule has 0 bridgehead atoms. The van der Waals surface area contributed by atoms with E-state index in [4.69, 9.17) is 4.74 Å². The molecule has 0 spiro atoms. The van der Waals surface area contributed by atoms with Gasteiger partial charge in [-0.3, -0.25) is 20.2 Å². The normalized spacial score (nSPS) is 11.4. The molecule has 0 aliphatic rings. The molecule has 0 fully saturated rings. The van der Waals surface area contributed by atoms with Crippen molar-refractivity contribution >= 4 is 17.3 Å². The number of esters is 1. The van der Waals surface area contributed by atoms with Crippen LogP contribution in [-0.4, -0.2) is 15.8 Å². The lowest BCUT2D eigenvalue weighted by Crippen LogP contribution is -2.10. The molecular weight excluding hydrogens is 256 g/mol. The van der Waals surface area contributed by atoms with Crippen LogP contribution in [0.25, 0.3) is 0 Å². The summed E-state index contributed by atoms with van der Waals surface area (Å²) < 4.78 is 4.80. The van der Waals surface area contributed by atoms with E-state index >= 15 is 0 Å². The maximum Gasteiger partial charge on any atom is 0.330 e. The van der Waals surface area contributed by atoms with Gasteiger partial charge in [0.25, 0.3) is 11.4 Å². The minimum Gasteiger partial charge on any atom is -0.454 e. The van der Waals surface area contributed by atoms with Crippen molar-refractivity contribution in [3.63, 3.8) is 0 Å². The number of rotatable bonds is 5. The number of benzene rings is 1. The van der Waals surface area contributed by atoms with Gasteiger partial charge in [-0.05, 0) is 13.0 Å². The average molecular weight is 266 g/mol. The Labute approximate surface area is 107 Å². The van der Waals surface area contributed by atoms with E-state index in [-0.39, 0.29) is 5.56 Å². The van der Waals surface area contributed by atoms with Gasteiger partial charge in [-0.1, -0.05) is 6.58 Å². The predicted molar refractivity (Wildman–Crippen MR) is 64.5 cm³/mol. The topological polar surface area (TPSA) is 113 Å². The number of hydrogen-bond donors (Lipinski definition) is 0. The quantitative estimate of drug-likeness (QED) is 0.349. The lowest BCUT2D eigenvalue weighted by Gasteiger charge is -2.12. The number of carbonyl (C=O) groups is 1. The molecule has 0 aliphatic heterocycles. The molecule has 1 rings (SSSR count). The van der Waals surface area contributed by atoms with Crippen molar-refractivity contribution in [2.45, 2.75) is 13.0 Å².